The lowest BCUT2D eigenvalue weighted by molar-refractivity contribution is 0.0924. The van der Waals surface area contributed by atoms with Crippen molar-refractivity contribution in [1.82, 2.24) is 79.7 Å². The third kappa shape index (κ3) is 21.5. The van der Waals surface area contributed by atoms with Crippen molar-refractivity contribution >= 4 is 110 Å². The van der Waals surface area contributed by atoms with Crippen LogP contribution in [0.1, 0.15) is 209 Å². The Morgan fingerprint density at radius 1 is 0.341 bits per heavy atom. The molecule has 660 valence electrons. The number of aromatic amines is 1. The zero-order chi connectivity index (χ0) is 92.5. The Bertz CT molecular complexity index is 6180. The molecule has 38 nitrogen and oxygen atoms in total. The van der Waals surface area contributed by atoms with Gasteiger partial charge < -0.3 is 102 Å². The zero-order valence-corrected chi connectivity index (χ0v) is 73.6. The molecule has 9 N–H and O–H groups in total. The Balaban J connectivity index is 0.000000177. The van der Waals surface area contributed by atoms with Gasteiger partial charge in [0.1, 0.15) is 34.2 Å². The van der Waals surface area contributed by atoms with Gasteiger partial charge in [-0.25, -0.2) is 19.9 Å². The van der Waals surface area contributed by atoms with Gasteiger partial charge in [-0.3, -0.25) is 62.3 Å². The molecule has 13 aromatic heterocycles. The first-order chi connectivity index (χ1) is 59.4. The minimum absolute atomic E-state index is 0.00502. The number of aromatic hydroxyl groups is 2. The zero-order valence-electron chi connectivity index (χ0n) is 73.6. The summed E-state index contributed by atoms with van der Waals surface area (Å²) in [7, 11) is 20.6. The monoisotopic (exact) mass is 1720 g/mol. The minimum Gasteiger partial charge on any atom is -0.505 e. The maximum Gasteiger partial charge on any atom is 0.291 e. The van der Waals surface area contributed by atoms with Gasteiger partial charge >= 0.3 is 0 Å². The van der Waals surface area contributed by atoms with Crippen molar-refractivity contribution in [2.75, 3.05) is 31.9 Å². The number of hydrogen-bond donors (Lipinski definition) is 9. The van der Waals surface area contributed by atoms with Crippen LogP contribution < -0.4 is 31.9 Å². The molecule has 0 aromatic carbocycles. The Labute approximate surface area is 724 Å². The number of aromatic nitrogens is 17. The maximum atomic E-state index is 13.0. The molecule has 0 atom stereocenters. The number of ketones is 7. The molecule has 0 bridgehead atoms. The molecule has 0 radical (unpaired) electrons. The van der Waals surface area contributed by atoms with Crippen LogP contribution in [0.4, 0.5) is 34.1 Å². The molecular weight excluding hydrogens is 1620 g/mol. The molecule has 13 aromatic rings. The van der Waals surface area contributed by atoms with E-state index >= 15 is 0 Å². The number of nitrogens with one attached hydrogen (secondary N) is 7. The van der Waals surface area contributed by atoms with E-state index in [4.69, 9.17) is 0 Å². The van der Waals surface area contributed by atoms with E-state index in [2.05, 4.69) is 56.8 Å². The van der Waals surface area contributed by atoms with Gasteiger partial charge in [0.2, 0.25) is 11.6 Å². The van der Waals surface area contributed by atoms with Crippen LogP contribution in [-0.2, 0) is 104 Å². The van der Waals surface area contributed by atoms with E-state index in [1.165, 1.54) is 44.7 Å². The van der Waals surface area contributed by atoms with Crippen LogP contribution in [0.3, 0.4) is 0 Å². The highest BCUT2D eigenvalue weighted by molar-refractivity contribution is 6.12. The Hall–Kier alpha value is -15.5. The highest BCUT2D eigenvalue weighted by Gasteiger charge is 2.29. The van der Waals surface area contributed by atoms with Crippen molar-refractivity contribution < 1.29 is 72.5 Å². The van der Waals surface area contributed by atoms with Crippen molar-refractivity contribution in [1.29, 1.82) is 0 Å². The van der Waals surface area contributed by atoms with Gasteiger partial charge in [-0.2, -0.15) is 0 Å². The molecule has 126 heavy (non-hydrogen) atoms. The van der Waals surface area contributed by atoms with Crippen LogP contribution in [0, 0.1) is 23.7 Å². The molecule has 13 heterocycles. The molecule has 0 spiro atoms. The second kappa shape index (κ2) is 39.1. The average Bonchev–Trinajstić information content (AvgIpc) is 1.66. The standard InChI is InChI=1S/C27H30N6O5.C21H25N5O3.C20H24N6O4.C20H24N6O3/c1-15(2)24(37)19-8-16(13-32(19)4)9-20(34)23-25(38)17(12-29-23)10-21(35)27-30-18(14-33(27)5)11-22(36)26-28-6-7-31(26)3;1-13(2)19(27)17-9-14(11-25(17)4)23-21(29)18-10-15(12-26(18)5)22-20(28)16-7-6-8-24(16)3;1-11(2)16(27)14-8-12(9-25(14)4)22-19(29)15-17(28)13(10-26(15)5)23-20(30)18-21-6-7-24(18)3;1-12(2)17(27)15-8-13(10-25(15)4)22-19(28)16-9-14(11-26(16)5)23-20(29)18-21-6-7-24(18)3/h6-8,12-15,29,38H,9-11H2,1-5H3;6-13H,1-5H3,(H,22,28)(H,23,29);6-11,28H,1-5H3,(H,22,29)(H,23,30);6-12H,1-5H3,(H,22,28)(H,23,29). The molecule has 0 fully saturated rings. The van der Waals surface area contributed by atoms with Crippen LogP contribution >= 0.6 is 0 Å². The van der Waals surface area contributed by atoms with Crippen LogP contribution in [-0.4, -0.2) is 166 Å². The van der Waals surface area contributed by atoms with E-state index < -0.39 is 11.8 Å². The van der Waals surface area contributed by atoms with E-state index in [1.54, 1.807) is 256 Å². The van der Waals surface area contributed by atoms with Crippen molar-refractivity contribution in [3.05, 3.63) is 239 Å². The van der Waals surface area contributed by atoms with E-state index in [0.717, 1.165) is 0 Å². The van der Waals surface area contributed by atoms with Crippen molar-refractivity contribution in [2.24, 2.45) is 108 Å². The highest BCUT2D eigenvalue weighted by Crippen LogP contribution is 2.32. The van der Waals surface area contributed by atoms with E-state index in [9.17, 15) is 72.5 Å². The number of imidazole rings is 4. The summed E-state index contributed by atoms with van der Waals surface area (Å²) in [5.74, 6) is -3.83. The number of nitrogens with zero attached hydrogens (tertiary/aromatic N) is 16. The summed E-state index contributed by atoms with van der Waals surface area (Å²) < 4.78 is 19.4. The normalized spacial score (nSPS) is 11.1. The molecule has 0 saturated carbocycles. The van der Waals surface area contributed by atoms with Gasteiger partial charge in [0.15, 0.2) is 63.7 Å². The van der Waals surface area contributed by atoms with E-state index in [-0.39, 0.29) is 159 Å². The topological polar surface area (TPSA) is 461 Å². The predicted octanol–water partition coefficient (Wildman–Crippen LogP) is 10.3. The van der Waals surface area contributed by atoms with Gasteiger partial charge in [-0.15, -0.1) is 0 Å². The Morgan fingerprint density at radius 2 is 0.714 bits per heavy atom. The number of carbonyl (C=O) groups is 13. The van der Waals surface area contributed by atoms with Gasteiger partial charge in [0.25, 0.3) is 35.4 Å². The maximum absolute atomic E-state index is 13.0. The predicted molar refractivity (Wildman–Crippen MR) is 469 cm³/mol. The molecule has 0 aliphatic heterocycles. The highest BCUT2D eigenvalue weighted by atomic mass is 16.3. The molecule has 13 rings (SSSR count). The van der Waals surface area contributed by atoms with Gasteiger partial charge in [-0.1, -0.05) is 55.4 Å². The van der Waals surface area contributed by atoms with Crippen LogP contribution in [0.25, 0.3) is 0 Å². The van der Waals surface area contributed by atoms with Crippen LogP contribution in [0.15, 0.2) is 148 Å². The number of anilines is 6. The number of hydrogen-bond acceptors (Lipinski definition) is 19. The van der Waals surface area contributed by atoms with Gasteiger partial charge in [0, 0.05) is 226 Å². The molecule has 38 heteroatoms. The quantitative estimate of drug-likeness (QED) is 0.0197. The van der Waals surface area contributed by atoms with E-state index in [1.807, 2.05) is 41.5 Å². The molecule has 0 unspecified atom stereocenters. The van der Waals surface area contributed by atoms with Gasteiger partial charge in [0.05, 0.1) is 63.3 Å². The summed E-state index contributed by atoms with van der Waals surface area (Å²) in [6, 6.07) is 13.3. The Morgan fingerprint density at radius 3 is 1.13 bits per heavy atom. The van der Waals surface area contributed by atoms with E-state index in [0.29, 0.717) is 85.4 Å². The minimum atomic E-state index is -0.582. The van der Waals surface area contributed by atoms with Gasteiger partial charge in [-0.05, 0) is 54.1 Å². The molecule has 0 aliphatic carbocycles. The first kappa shape index (κ1) is 92.8. The Kier molecular flexibility index (Phi) is 28.8. The van der Waals surface area contributed by atoms with Crippen molar-refractivity contribution in [2.45, 2.75) is 74.7 Å². The lowest BCUT2D eigenvalue weighted by atomic mass is 10.0. The number of aryl methyl sites for hydroxylation is 12. The van der Waals surface area contributed by atoms with Crippen molar-refractivity contribution in [3.8, 4) is 11.5 Å². The summed E-state index contributed by atoms with van der Waals surface area (Å²) in [6.45, 7) is 14.6. The smallest absolute Gasteiger partial charge is 0.291 e. The van der Waals surface area contributed by atoms with Crippen molar-refractivity contribution in [3.63, 3.8) is 0 Å². The third-order valence-electron chi connectivity index (χ3n) is 20.3. The summed E-state index contributed by atoms with van der Waals surface area (Å²) in [6.07, 6.45) is 25.6. The second-order valence-electron chi connectivity index (χ2n) is 31.7. The van der Waals surface area contributed by atoms with Crippen LogP contribution in [0.5, 0.6) is 11.5 Å². The summed E-state index contributed by atoms with van der Waals surface area (Å²) >= 11 is 0. The fourth-order valence-corrected chi connectivity index (χ4v) is 13.6. The number of Topliss-reactive ketones (excluding diaryl/α,β-unsaturated/α-hetero) is 7. The summed E-state index contributed by atoms with van der Waals surface area (Å²) in [4.78, 5) is 182. The largest absolute Gasteiger partial charge is 0.505 e. The number of H-pyrrole nitrogens is 1. The second-order valence-corrected chi connectivity index (χ2v) is 31.7. The molecule has 0 aliphatic rings. The number of amides is 6. The van der Waals surface area contributed by atoms with Crippen LogP contribution in [0.2, 0.25) is 0 Å². The lowest BCUT2D eigenvalue weighted by Crippen LogP contribution is -2.16. The first-order valence-corrected chi connectivity index (χ1v) is 39.8. The number of carbonyl (C=O) groups excluding carboxylic acids is 13. The SMILES string of the molecule is CC(C)C(=O)c1cc(CC(=O)c2[nH]cc(CC(=O)c3nc(CC(=O)c4nccn4C)cn3C)c2O)cn1C.CC(C)C(=O)c1cc(NC(=O)c2c(O)c(NC(=O)c3nccn3C)cn2C)cn1C.CC(C)C(=O)c1cc(NC(=O)c2cc(NC(=O)c3cccn3C)cn2C)cn1C.CC(C)C(=O)c1cc(NC(=O)c2cc(NC(=O)c3nccn3C)cn2C)cn1C. The first-order valence-electron chi connectivity index (χ1n) is 39.8. The molecule has 0 saturated heterocycles. The summed E-state index contributed by atoms with van der Waals surface area (Å²) in [5, 5.41) is 37.5. The molecule has 6 amide bonds. The molecular formula is C88H103N23O15. The summed E-state index contributed by atoms with van der Waals surface area (Å²) in [5.41, 5.74) is 7.19. The fourth-order valence-electron chi connectivity index (χ4n) is 13.6. The number of rotatable bonds is 29. The third-order valence-corrected chi connectivity index (χ3v) is 20.3. The fraction of sp³-hybridized carbons (Fsp3) is 0.307. The average molecular weight is 1720 g/mol. The lowest BCUT2D eigenvalue weighted by Gasteiger charge is -2.05.